The van der Waals surface area contributed by atoms with E-state index in [9.17, 15) is 9.59 Å². The van der Waals surface area contributed by atoms with E-state index in [2.05, 4.69) is 5.32 Å². The van der Waals surface area contributed by atoms with E-state index in [0.717, 1.165) is 11.0 Å². The van der Waals surface area contributed by atoms with Crippen molar-refractivity contribution in [2.45, 2.75) is 52.4 Å². The highest BCUT2D eigenvalue weighted by Crippen LogP contribution is 2.19. The second-order valence-corrected chi connectivity index (χ2v) is 6.47. The number of amides is 1. The van der Waals surface area contributed by atoms with Crippen LogP contribution in [-0.2, 0) is 20.9 Å². The van der Waals surface area contributed by atoms with Crippen molar-refractivity contribution >= 4 is 23.0 Å². The fraction of sp³-hybridized carbons (Fsp3) is 0.444. The molecule has 0 bridgehead atoms. The molecule has 24 heavy (non-hydrogen) atoms. The number of para-hydroxylation sites is 1. The van der Waals surface area contributed by atoms with E-state index >= 15 is 0 Å². The Morgan fingerprint density at radius 3 is 2.58 bits per heavy atom. The first-order valence-corrected chi connectivity index (χ1v) is 7.92. The van der Waals surface area contributed by atoms with Crippen molar-refractivity contribution in [3.8, 4) is 0 Å². The van der Waals surface area contributed by atoms with E-state index in [4.69, 9.17) is 13.9 Å². The molecule has 1 amide bonds. The van der Waals surface area contributed by atoms with Crippen molar-refractivity contribution in [2.24, 2.45) is 0 Å². The lowest BCUT2D eigenvalue weighted by Gasteiger charge is -2.22. The number of furan rings is 1. The molecule has 1 aromatic carbocycles. The molecule has 0 saturated carbocycles. The SMILES string of the molecule is CCC(NC(=O)OC(C)(C)C)C(=O)OCc1cc2ccccc2o1. The Balaban J connectivity index is 1.90. The maximum atomic E-state index is 12.1. The average Bonchev–Trinajstić information content (AvgIpc) is 2.91. The predicted molar refractivity (Wildman–Crippen MR) is 89.5 cm³/mol. The van der Waals surface area contributed by atoms with E-state index in [1.807, 2.05) is 30.3 Å². The topological polar surface area (TPSA) is 77.8 Å². The number of hydrogen-bond donors (Lipinski definition) is 1. The van der Waals surface area contributed by atoms with Crippen LogP contribution in [-0.4, -0.2) is 23.7 Å². The van der Waals surface area contributed by atoms with Crippen LogP contribution < -0.4 is 5.32 Å². The summed E-state index contributed by atoms with van der Waals surface area (Å²) in [5.74, 6) is 0.0282. The molecule has 0 radical (unpaired) electrons. The fourth-order valence-corrected chi connectivity index (χ4v) is 2.13. The molecule has 6 heteroatoms. The van der Waals surface area contributed by atoms with Crippen molar-refractivity contribution in [2.75, 3.05) is 0 Å². The molecule has 2 rings (SSSR count). The summed E-state index contributed by atoms with van der Waals surface area (Å²) in [5.41, 5.74) is 0.114. The van der Waals surface area contributed by atoms with Crippen LogP contribution >= 0.6 is 0 Å². The lowest BCUT2D eigenvalue weighted by Crippen LogP contribution is -2.43. The molecule has 1 heterocycles. The number of esters is 1. The normalized spacial score (nSPS) is 12.7. The summed E-state index contributed by atoms with van der Waals surface area (Å²) in [5, 5.41) is 3.47. The Kier molecular flexibility index (Phi) is 5.49. The lowest BCUT2D eigenvalue weighted by atomic mass is 10.2. The van der Waals surface area contributed by atoms with Crippen molar-refractivity contribution in [1.29, 1.82) is 0 Å². The maximum Gasteiger partial charge on any atom is 0.408 e. The van der Waals surface area contributed by atoms with Crippen molar-refractivity contribution in [3.05, 3.63) is 36.1 Å². The van der Waals surface area contributed by atoms with Crippen LogP contribution in [0.2, 0.25) is 0 Å². The Bertz CT molecular complexity index is 681. The summed E-state index contributed by atoms with van der Waals surface area (Å²) in [4.78, 5) is 23.9. The number of carbonyl (C=O) groups is 2. The fourth-order valence-electron chi connectivity index (χ4n) is 2.13. The summed E-state index contributed by atoms with van der Waals surface area (Å²) in [7, 11) is 0. The third kappa shape index (κ3) is 5.01. The van der Waals surface area contributed by atoms with Gasteiger partial charge in [0.1, 0.15) is 29.6 Å². The number of carbonyl (C=O) groups excluding carboxylic acids is 2. The maximum absolute atomic E-state index is 12.1. The summed E-state index contributed by atoms with van der Waals surface area (Å²) in [6, 6.07) is 8.61. The molecular formula is C18H23NO5. The average molecular weight is 333 g/mol. The number of hydrogen-bond acceptors (Lipinski definition) is 5. The third-order valence-corrected chi connectivity index (χ3v) is 3.22. The van der Waals surface area contributed by atoms with E-state index < -0.39 is 23.7 Å². The first kappa shape index (κ1) is 17.8. The monoisotopic (exact) mass is 333 g/mol. The molecule has 1 unspecified atom stereocenters. The van der Waals surface area contributed by atoms with Crippen molar-refractivity contribution in [3.63, 3.8) is 0 Å². The first-order valence-electron chi connectivity index (χ1n) is 7.92. The van der Waals surface area contributed by atoms with Crippen LogP contribution in [0, 0.1) is 0 Å². The van der Waals surface area contributed by atoms with Gasteiger partial charge >= 0.3 is 12.1 Å². The smallest absolute Gasteiger partial charge is 0.408 e. The second-order valence-electron chi connectivity index (χ2n) is 6.47. The molecule has 1 N–H and O–H groups in total. The van der Waals surface area contributed by atoms with Gasteiger partial charge < -0.3 is 19.2 Å². The number of fused-ring (bicyclic) bond motifs is 1. The van der Waals surface area contributed by atoms with E-state index in [1.54, 1.807) is 27.7 Å². The summed E-state index contributed by atoms with van der Waals surface area (Å²) >= 11 is 0. The molecule has 0 fully saturated rings. The van der Waals surface area contributed by atoms with Crippen LogP contribution in [0.1, 0.15) is 39.9 Å². The Morgan fingerprint density at radius 2 is 1.96 bits per heavy atom. The van der Waals surface area contributed by atoms with Gasteiger partial charge in [0.2, 0.25) is 0 Å². The number of nitrogens with one attached hydrogen (secondary N) is 1. The molecule has 0 aliphatic heterocycles. The third-order valence-electron chi connectivity index (χ3n) is 3.22. The molecular weight excluding hydrogens is 310 g/mol. The zero-order chi connectivity index (χ0) is 17.7. The summed E-state index contributed by atoms with van der Waals surface area (Å²) in [6.45, 7) is 7.07. The first-order chi connectivity index (χ1) is 11.3. The molecule has 0 aliphatic carbocycles. The highest BCUT2D eigenvalue weighted by molar-refractivity contribution is 5.81. The molecule has 0 saturated heterocycles. The standard InChI is InChI=1S/C18H23NO5/c1-5-14(19-17(21)24-18(2,3)4)16(20)22-11-13-10-12-8-6-7-9-15(12)23-13/h6-10,14H,5,11H2,1-4H3,(H,19,21). The number of rotatable bonds is 5. The highest BCUT2D eigenvalue weighted by atomic mass is 16.6. The lowest BCUT2D eigenvalue weighted by molar-refractivity contribution is -0.148. The van der Waals surface area contributed by atoms with E-state index in [0.29, 0.717) is 12.2 Å². The van der Waals surface area contributed by atoms with E-state index in [-0.39, 0.29) is 6.61 Å². The Morgan fingerprint density at radius 1 is 1.25 bits per heavy atom. The van der Waals surface area contributed by atoms with Crippen LogP contribution in [0.15, 0.2) is 34.7 Å². The van der Waals surface area contributed by atoms with Gasteiger partial charge in [0.05, 0.1) is 0 Å². The molecule has 130 valence electrons. The van der Waals surface area contributed by atoms with Gasteiger partial charge in [-0.2, -0.15) is 0 Å². The predicted octanol–water partition coefficient (Wildman–Crippen LogP) is 3.78. The van der Waals surface area contributed by atoms with Crippen molar-refractivity contribution in [1.82, 2.24) is 5.32 Å². The number of ether oxygens (including phenoxy) is 2. The van der Waals surface area contributed by atoms with Gasteiger partial charge in [0.15, 0.2) is 0 Å². The van der Waals surface area contributed by atoms with Gasteiger partial charge in [-0.15, -0.1) is 0 Å². The highest BCUT2D eigenvalue weighted by Gasteiger charge is 2.24. The molecule has 0 aliphatic rings. The molecule has 1 atom stereocenters. The molecule has 1 aromatic heterocycles. The number of benzene rings is 1. The largest absolute Gasteiger partial charge is 0.457 e. The minimum absolute atomic E-state index is 0.0139. The van der Waals surface area contributed by atoms with Gasteiger partial charge in [0.25, 0.3) is 0 Å². The molecule has 2 aromatic rings. The Labute approximate surface area is 141 Å². The minimum Gasteiger partial charge on any atom is -0.457 e. The quantitative estimate of drug-likeness (QED) is 0.843. The Hall–Kier alpha value is -2.50. The zero-order valence-electron chi connectivity index (χ0n) is 14.4. The van der Waals surface area contributed by atoms with Crippen LogP contribution in [0.4, 0.5) is 4.79 Å². The van der Waals surface area contributed by atoms with Gasteiger partial charge in [0, 0.05) is 5.39 Å². The van der Waals surface area contributed by atoms with Crippen LogP contribution in [0.3, 0.4) is 0 Å². The second kappa shape index (κ2) is 7.38. The van der Waals surface area contributed by atoms with Crippen LogP contribution in [0.5, 0.6) is 0 Å². The zero-order valence-corrected chi connectivity index (χ0v) is 14.4. The molecule has 6 nitrogen and oxygen atoms in total. The van der Waals surface area contributed by atoms with Gasteiger partial charge in [-0.25, -0.2) is 9.59 Å². The van der Waals surface area contributed by atoms with Crippen LogP contribution in [0.25, 0.3) is 11.0 Å². The van der Waals surface area contributed by atoms with Gasteiger partial charge in [-0.3, -0.25) is 0 Å². The van der Waals surface area contributed by atoms with Gasteiger partial charge in [-0.05, 0) is 39.3 Å². The summed E-state index contributed by atoms with van der Waals surface area (Å²) in [6.07, 6.45) is -0.242. The van der Waals surface area contributed by atoms with Crippen molar-refractivity contribution < 1.29 is 23.5 Å². The molecule has 0 spiro atoms. The minimum atomic E-state index is -0.760. The van der Waals surface area contributed by atoms with Gasteiger partial charge in [-0.1, -0.05) is 25.1 Å². The summed E-state index contributed by atoms with van der Waals surface area (Å²) < 4.78 is 16.0. The van der Waals surface area contributed by atoms with E-state index in [1.165, 1.54) is 0 Å². The number of alkyl carbamates (subject to hydrolysis) is 1.